The molecule has 1 N–H and O–H groups in total. The minimum absolute atomic E-state index is 0.162. The average Bonchev–Trinajstić information content (AvgIpc) is 2.65. The van der Waals surface area contributed by atoms with E-state index in [0.29, 0.717) is 12.0 Å². The van der Waals surface area contributed by atoms with Gasteiger partial charge in [0, 0.05) is 6.54 Å². The summed E-state index contributed by atoms with van der Waals surface area (Å²) in [5.74, 6) is 0.641. The van der Waals surface area contributed by atoms with E-state index >= 15 is 0 Å². The molecule has 0 radical (unpaired) electrons. The predicted molar refractivity (Wildman–Crippen MR) is 68.0 cm³/mol. The monoisotopic (exact) mass is 240 g/mol. The summed E-state index contributed by atoms with van der Waals surface area (Å²) in [6.07, 6.45) is 4.32. The molecule has 0 saturated carbocycles. The molecule has 0 amide bonds. The number of hydrogen-bond acceptors (Lipinski definition) is 4. The molecule has 0 spiro atoms. The minimum atomic E-state index is 0.162. The number of rotatable bonds is 8. The third kappa shape index (κ3) is 5.73. The molecular weight excluding hydrogens is 216 g/mol. The summed E-state index contributed by atoms with van der Waals surface area (Å²) in [5.41, 5.74) is 0.893. The Morgan fingerprint density at radius 2 is 2.18 bits per heavy atom. The van der Waals surface area contributed by atoms with Crippen LogP contribution < -0.4 is 10.1 Å². The Labute approximate surface area is 104 Å². The van der Waals surface area contributed by atoms with Crippen LogP contribution in [0.5, 0.6) is 6.08 Å². The summed E-state index contributed by atoms with van der Waals surface area (Å²) < 4.78 is 10.8. The van der Waals surface area contributed by atoms with E-state index in [2.05, 4.69) is 31.1 Å². The van der Waals surface area contributed by atoms with E-state index in [0.717, 1.165) is 31.6 Å². The maximum Gasteiger partial charge on any atom is 0.393 e. The number of nitrogens with zero attached hydrogens (tertiary/aromatic N) is 1. The molecular formula is C13H24N2O2. The SMILES string of the molecule is CCCC(C)Oc1nc(CNCC(C)C)co1. The molecule has 0 aromatic carbocycles. The van der Waals surface area contributed by atoms with Crippen molar-refractivity contribution in [2.45, 2.75) is 53.2 Å². The van der Waals surface area contributed by atoms with Crippen molar-refractivity contribution in [3.8, 4) is 6.08 Å². The first-order chi connectivity index (χ1) is 8.11. The Hall–Kier alpha value is -1.03. The Bertz CT molecular complexity index is 310. The van der Waals surface area contributed by atoms with Gasteiger partial charge in [0.15, 0.2) is 0 Å². The highest BCUT2D eigenvalue weighted by Crippen LogP contribution is 2.13. The largest absolute Gasteiger partial charge is 0.447 e. The second kappa shape index (κ2) is 7.33. The maximum atomic E-state index is 5.56. The summed E-state index contributed by atoms with van der Waals surface area (Å²) in [5, 5.41) is 3.31. The third-order valence-corrected chi connectivity index (χ3v) is 2.39. The Kier molecular flexibility index (Phi) is 6.05. The predicted octanol–water partition coefficient (Wildman–Crippen LogP) is 2.99. The number of nitrogens with one attached hydrogen (secondary N) is 1. The van der Waals surface area contributed by atoms with E-state index in [1.165, 1.54) is 0 Å². The van der Waals surface area contributed by atoms with Crippen molar-refractivity contribution < 1.29 is 9.15 Å². The fraction of sp³-hybridized carbons (Fsp3) is 0.769. The van der Waals surface area contributed by atoms with Crippen LogP contribution in [0.4, 0.5) is 0 Å². The van der Waals surface area contributed by atoms with E-state index in [4.69, 9.17) is 9.15 Å². The second-order valence-electron chi connectivity index (χ2n) is 4.85. The van der Waals surface area contributed by atoms with Gasteiger partial charge in [0.25, 0.3) is 0 Å². The van der Waals surface area contributed by atoms with Crippen molar-refractivity contribution in [1.29, 1.82) is 0 Å². The van der Waals surface area contributed by atoms with Crippen LogP contribution in [0.25, 0.3) is 0 Å². The van der Waals surface area contributed by atoms with Gasteiger partial charge < -0.3 is 14.5 Å². The standard InChI is InChI=1S/C13H24N2O2/c1-5-6-11(4)17-13-15-12(9-16-13)8-14-7-10(2)3/h9-11,14H,5-8H2,1-4H3. The average molecular weight is 240 g/mol. The van der Waals surface area contributed by atoms with Crippen molar-refractivity contribution in [3.63, 3.8) is 0 Å². The van der Waals surface area contributed by atoms with Gasteiger partial charge in [-0.15, -0.1) is 0 Å². The van der Waals surface area contributed by atoms with Gasteiger partial charge in [-0.2, -0.15) is 4.98 Å². The lowest BCUT2D eigenvalue weighted by Crippen LogP contribution is -2.19. The third-order valence-electron chi connectivity index (χ3n) is 2.39. The lowest BCUT2D eigenvalue weighted by Gasteiger charge is -2.08. The summed E-state index contributed by atoms with van der Waals surface area (Å²) in [4.78, 5) is 4.28. The van der Waals surface area contributed by atoms with Crippen molar-refractivity contribution in [2.24, 2.45) is 5.92 Å². The van der Waals surface area contributed by atoms with E-state index in [1.54, 1.807) is 6.26 Å². The summed E-state index contributed by atoms with van der Waals surface area (Å²) in [7, 11) is 0. The molecule has 0 bridgehead atoms. The smallest absolute Gasteiger partial charge is 0.393 e. The number of ether oxygens (including phenoxy) is 1. The highest BCUT2D eigenvalue weighted by atomic mass is 16.6. The minimum Gasteiger partial charge on any atom is -0.447 e. The van der Waals surface area contributed by atoms with Crippen LogP contribution in [0.1, 0.15) is 46.2 Å². The van der Waals surface area contributed by atoms with E-state index in [-0.39, 0.29) is 6.10 Å². The first-order valence-corrected chi connectivity index (χ1v) is 6.43. The van der Waals surface area contributed by atoms with Gasteiger partial charge in [-0.1, -0.05) is 27.2 Å². The Morgan fingerprint density at radius 1 is 1.41 bits per heavy atom. The molecule has 4 heteroatoms. The number of aromatic nitrogens is 1. The van der Waals surface area contributed by atoms with Gasteiger partial charge in [0.1, 0.15) is 12.4 Å². The fourth-order valence-electron chi connectivity index (χ4n) is 1.55. The quantitative estimate of drug-likeness (QED) is 0.759. The second-order valence-corrected chi connectivity index (χ2v) is 4.85. The summed E-state index contributed by atoms with van der Waals surface area (Å²) >= 11 is 0. The van der Waals surface area contributed by atoms with Gasteiger partial charge in [-0.05, 0) is 25.8 Å². The summed E-state index contributed by atoms with van der Waals surface area (Å²) in [6.45, 7) is 10.2. The molecule has 0 aliphatic rings. The highest BCUT2D eigenvalue weighted by molar-refractivity contribution is 4.99. The number of oxazole rings is 1. The molecule has 0 saturated heterocycles. The van der Waals surface area contributed by atoms with Crippen LogP contribution in [0, 0.1) is 5.92 Å². The maximum absolute atomic E-state index is 5.56. The Morgan fingerprint density at radius 3 is 2.82 bits per heavy atom. The first-order valence-electron chi connectivity index (χ1n) is 6.43. The zero-order valence-corrected chi connectivity index (χ0v) is 11.3. The normalized spacial score (nSPS) is 13.0. The zero-order valence-electron chi connectivity index (χ0n) is 11.3. The van der Waals surface area contributed by atoms with Gasteiger partial charge in [0.05, 0.1) is 5.69 Å². The Balaban J connectivity index is 2.32. The molecule has 98 valence electrons. The van der Waals surface area contributed by atoms with Gasteiger partial charge in [-0.3, -0.25) is 0 Å². The van der Waals surface area contributed by atoms with Crippen molar-refractivity contribution in [2.75, 3.05) is 6.54 Å². The zero-order chi connectivity index (χ0) is 12.7. The highest BCUT2D eigenvalue weighted by Gasteiger charge is 2.09. The molecule has 1 aromatic rings. The number of hydrogen-bond donors (Lipinski definition) is 1. The molecule has 0 aliphatic heterocycles. The fourth-order valence-corrected chi connectivity index (χ4v) is 1.55. The molecule has 1 unspecified atom stereocenters. The molecule has 17 heavy (non-hydrogen) atoms. The molecule has 1 atom stereocenters. The van der Waals surface area contributed by atoms with E-state index in [9.17, 15) is 0 Å². The van der Waals surface area contributed by atoms with Gasteiger partial charge in [-0.25, -0.2) is 0 Å². The van der Waals surface area contributed by atoms with Crippen LogP contribution in [0.15, 0.2) is 10.7 Å². The van der Waals surface area contributed by atoms with Gasteiger partial charge in [0.2, 0.25) is 0 Å². The molecule has 0 aliphatic carbocycles. The van der Waals surface area contributed by atoms with Gasteiger partial charge >= 0.3 is 6.08 Å². The van der Waals surface area contributed by atoms with Crippen LogP contribution >= 0.6 is 0 Å². The summed E-state index contributed by atoms with van der Waals surface area (Å²) in [6, 6.07) is 0. The van der Waals surface area contributed by atoms with Crippen LogP contribution in [0.2, 0.25) is 0 Å². The molecule has 1 heterocycles. The van der Waals surface area contributed by atoms with Crippen LogP contribution in [-0.2, 0) is 6.54 Å². The van der Waals surface area contributed by atoms with E-state index < -0.39 is 0 Å². The lowest BCUT2D eigenvalue weighted by molar-refractivity contribution is 0.153. The topological polar surface area (TPSA) is 47.3 Å². The van der Waals surface area contributed by atoms with Crippen LogP contribution in [-0.4, -0.2) is 17.6 Å². The van der Waals surface area contributed by atoms with E-state index in [1.807, 2.05) is 6.92 Å². The van der Waals surface area contributed by atoms with Crippen molar-refractivity contribution in [1.82, 2.24) is 10.3 Å². The molecule has 4 nitrogen and oxygen atoms in total. The van der Waals surface area contributed by atoms with Crippen LogP contribution in [0.3, 0.4) is 0 Å². The van der Waals surface area contributed by atoms with Crippen molar-refractivity contribution in [3.05, 3.63) is 12.0 Å². The molecule has 1 rings (SSSR count). The first kappa shape index (κ1) is 14.0. The van der Waals surface area contributed by atoms with Crippen molar-refractivity contribution >= 4 is 0 Å². The molecule has 0 fully saturated rings. The lowest BCUT2D eigenvalue weighted by atomic mass is 10.2. The molecule has 1 aromatic heterocycles.